The molecule has 0 aliphatic heterocycles. The van der Waals surface area contributed by atoms with Crippen LogP contribution < -0.4 is 10.1 Å². The van der Waals surface area contributed by atoms with E-state index in [4.69, 9.17) is 9.47 Å². The first-order valence-electron chi connectivity index (χ1n) is 8.10. The number of fused-ring (bicyclic) bond motifs is 1. The molecule has 1 aromatic carbocycles. The van der Waals surface area contributed by atoms with Crippen LogP contribution in [0.4, 0.5) is 4.79 Å². The zero-order valence-corrected chi connectivity index (χ0v) is 14.6. The standard InChI is InChI=1S/C18H25NO5/c1-18(2,3)24-17(22)19-14(16(20)21)9-13-8-11-6-5-7-12(11)10-15(13)23-4/h8,10,14H,5-7,9H2,1-4H3,(H,19,22)(H,20,21). The number of nitrogens with one attached hydrogen (secondary N) is 1. The van der Waals surface area contributed by atoms with Crippen LogP contribution in [0.1, 0.15) is 43.9 Å². The SMILES string of the molecule is COc1cc2c(cc1CC(NC(=O)OC(C)(C)C)C(=O)O)CCC2. The summed E-state index contributed by atoms with van der Waals surface area (Å²) in [6.07, 6.45) is 2.51. The highest BCUT2D eigenvalue weighted by atomic mass is 16.6. The van der Waals surface area contributed by atoms with Crippen molar-refractivity contribution in [2.24, 2.45) is 0 Å². The molecule has 0 bridgehead atoms. The number of benzene rings is 1. The predicted octanol–water partition coefficient (Wildman–Crippen LogP) is 2.70. The summed E-state index contributed by atoms with van der Waals surface area (Å²) in [5.74, 6) is -0.448. The molecule has 0 fully saturated rings. The third-order valence-corrected chi connectivity index (χ3v) is 3.91. The number of rotatable bonds is 5. The molecule has 0 saturated carbocycles. The van der Waals surface area contributed by atoms with Gasteiger partial charge in [-0.05, 0) is 62.8 Å². The number of aliphatic carboxylic acids is 1. The minimum Gasteiger partial charge on any atom is -0.496 e. The van der Waals surface area contributed by atoms with E-state index in [-0.39, 0.29) is 6.42 Å². The van der Waals surface area contributed by atoms with Crippen molar-refractivity contribution in [3.8, 4) is 5.75 Å². The Labute approximate surface area is 142 Å². The van der Waals surface area contributed by atoms with Crippen LogP contribution >= 0.6 is 0 Å². The molecule has 24 heavy (non-hydrogen) atoms. The maximum atomic E-state index is 11.9. The molecule has 1 aliphatic carbocycles. The molecule has 1 atom stereocenters. The van der Waals surface area contributed by atoms with Crippen molar-refractivity contribution in [1.82, 2.24) is 5.32 Å². The van der Waals surface area contributed by atoms with Gasteiger partial charge in [0.1, 0.15) is 17.4 Å². The highest BCUT2D eigenvalue weighted by Crippen LogP contribution is 2.30. The highest BCUT2D eigenvalue weighted by molar-refractivity contribution is 5.80. The first-order chi connectivity index (χ1) is 11.2. The van der Waals surface area contributed by atoms with Crippen molar-refractivity contribution in [3.05, 3.63) is 28.8 Å². The second-order valence-corrected chi connectivity index (χ2v) is 7.03. The van der Waals surface area contributed by atoms with E-state index >= 15 is 0 Å². The van der Waals surface area contributed by atoms with Gasteiger partial charge in [-0.15, -0.1) is 0 Å². The van der Waals surface area contributed by atoms with Crippen molar-refractivity contribution in [2.45, 2.75) is 58.1 Å². The fraction of sp³-hybridized carbons (Fsp3) is 0.556. The second-order valence-electron chi connectivity index (χ2n) is 7.03. The molecule has 0 heterocycles. The van der Waals surface area contributed by atoms with E-state index in [2.05, 4.69) is 5.32 Å². The molecule has 2 N–H and O–H groups in total. The predicted molar refractivity (Wildman–Crippen MR) is 89.5 cm³/mol. The zero-order valence-electron chi connectivity index (χ0n) is 14.6. The van der Waals surface area contributed by atoms with E-state index in [1.165, 1.54) is 11.1 Å². The maximum absolute atomic E-state index is 11.9. The number of hydrogen-bond acceptors (Lipinski definition) is 4. The number of carboxylic acids is 1. The van der Waals surface area contributed by atoms with Crippen molar-refractivity contribution in [1.29, 1.82) is 0 Å². The molecule has 0 radical (unpaired) electrons. The van der Waals surface area contributed by atoms with Gasteiger partial charge in [-0.1, -0.05) is 6.07 Å². The maximum Gasteiger partial charge on any atom is 0.408 e. The summed E-state index contributed by atoms with van der Waals surface area (Å²) in [4.78, 5) is 23.4. The summed E-state index contributed by atoms with van der Waals surface area (Å²) in [5, 5.41) is 11.9. The van der Waals surface area contributed by atoms with Crippen molar-refractivity contribution in [3.63, 3.8) is 0 Å². The molecule has 1 aromatic rings. The Bertz CT molecular complexity index is 633. The van der Waals surface area contributed by atoms with Gasteiger partial charge in [-0.25, -0.2) is 9.59 Å². The Morgan fingerprint density at radius 1 is 1.25 bits per heavy atom. The van der Waals surface area contributed by atoms with Gasteiger partial charge in [0.05, 0.1) is 7.11 Å². The summed E-state index contributed by atoms with van der Waals surface area (Å²) in [5.41, 5.74) is 2.58. The molecule has 1 aliphatic rings. The fourth-order valence-electron chi connectivity index (χ4n) is 2.87. The lowest BCUT2D eigenvalue weighted by molar-refractivity contribution is -0.139. The Morgan fingerprint density at radius 2 is 1.88 bits per heavy atom. The van der Waals surface area contributed by atoms with E-state index in [0.717, 1.165) is 24.8 Å². The van der Waals surface area contributed by atoms with Gasteiger partial charge in [0.2, 0.25) is 0 Å². The third-order valence-electron chi connectivity index (χ3n) is 3.91. The number of aryl methyl sites for hydroxylation is 2. The molecule has 6 nitrogen and oxygen atoms in total. The lowest BCUT2D eigenvalue weighted by atomic mass is 9.99. The lowest BCUT2D eigenvalue weighted by Gasteiger charge is -2.22. The van der Waals surface area contributed by atoms with Crippen LogP contribution in [0.5, 0.6) is 5.75 Å². The summed E-state index contributed by atoms with van der Waals surface area (Å²) >= 11 is 0. The average molecular weight is 335 g/mol. The quantitative estimate of drug-likeness (QED) is 0.864. The molecule has 1 unspecified atom stereocenters. The molecule has 0 saturated heterocycles. The summed E-state index contributed by atoms with van der Waals surface area (Å²) in [6, 6.07) is 2.89. The van der Waals surface area contributed by atoms with Crippen LogP contribution in [0.2, 0.25) is 0 Å². The highest BCUT2D eigenvalue weighted by Gasteiger charge is 2.26. The summed E-state index contributed by atoms with van der Waals surface area (Å²) in [7, 11) is 1.57. The van der Waals surface area contributed by atoms with Crippen molar-refractivity contribution in [2.75, 3.05) is 7.11 Å². The van der Waals surface area contributed by atoms with Crippen LogP contribution in [-0.4, -0.2) is 35.9 Å². The monoisotopic (exact) mass is 335 g/mol. The van der Waals surface area contributed by atoms with E-state index in [9.17, 15) is 14.7 Å². The number of carboxylic acid groups (broad SMARTS) is 1. The first-order valence-corrected chi connectivity index (χ1v) is 8.10. The lowest BCUT2D eigenvalue weighted by Crippen LogP contribution is -2.44. The minimum atomic E-state index is -1.11. The number of methoxy groups -OCH3 is 1. The Kier molecular flexibility index (Phi) is 5.36. The van der Waals surface area contributed by atoms with Gasteiger partial charge in [0, 0.05) is 6.42 Å². The van der Waals surface area contributed by atoms with Crippen LogP contribution in [0.25, 0.3) is 0 Å². The Morgan fingerprint density at radius 3 is 2.42 bits per heavy atom. The number of carbonyl (C=O) groups excluding carboxylic acids is 1. The number of alkyl carbamates (subject to hydrolysis) is 1. The van der Waals surface area contributed by atoms with Gasteiger partial charge in [0.15, 0.2) is 0 Å². The van der Waals surface area contributed by atoms with Crippen molar-refractivity contribution < 1.29 is 24.2 Å². The van der Waals surface area contributed by atoms with E-state index in [1.807, 2.05) is 12.1 Å². The Balaban J connectivity index is 2.16. The van der Waals surface area contributed by atoms with E-state index in [1.54, 1.807) is 27.9 Å². The topological polar surface area (TPSA) is 84.9 Å². The minimum absolute atomic E-state index is 0.144. The van der Waals surface area contributed by atoms with Gasteiger partial charge < -0.3 is 19.9 Å². The molecule has 0 spiro atoms. The summed E-state index contributed by atoms with van der Waals surface area (Å²) in [6.45, 7) is 5.18. The van der Waals surface area contributed by atoms with E-state index < -0.39 is 23.7 Å². The van der Waals surface area contributed by atoms with E-state index in [0.29, 0.717) is 5.75 Å². The van der Waals surface area contributed by atoms with Crippen LogP contribution in [0.15, 0.2) is 12.1 Å². The van der Waals surface area contributed by atoms with Crippen molar-refractivity contribution >= 4 is 12.1 Å². The first kappa shape index (κ1) is 18.1. The number of ether oxygens (including phenoxy) is 2. The molecule has 2 rings (SSSR count). The zero-order chi connectivity index (χ0) is 17.9. The van der Waals surface area contributed by atoms with Gasteiger partial charge in [0.25, 0.3) is 0 Å². The normalized spacial score (nSPS) is 14.7. The second kappa shape index (κ2) is 7.11. The fourth-order valence-corrected chi connectivity index (χ4v) is 2.87. The molecule has 0 aromatic heterocycles. The molecule has 132 valence electrons. The molecular weight excluding hydrogens is 310 g/mol. The molecular formula is C18H25NO5. The number of carbonyl (C=O) groups is 2. The van der Waals surface area contributed by atoms with Crippen LogP contribution in [0.3, 0.4) is 0 Å². The van der Waals surface area contributed by atoms with Gasteiger partial charge in [-0.3, -0.25) is 0 Å². The average Bonchev–Trinajstić information content (AvgIpc) is 2.90. The third kappa shape index (κ3) is 4.63. The van der Waals surface area contributed by atoms with Crippen LogP contribution in [-0.2, 0) is 28.8 Å². The number of amides is 1. The smallest absolute Gasteiger partial charge is 0.408 e. The summed E-state index contributed by atoms with van der Waals surface area (Å²) < 4.78 is 10.5. The molecule has 1 amide bonds. The largest absolute Gasteiger partial charge is 0.496 e. The van der Waals surface area contributed by atoms with Crippen LogP contribution in [0, 0.1) is 0 Å². The number of hydrogen-bond donors (Lipinski definition) is 2. The van der Waals surface area contributed by atoms with Gasteiger partial charge >= 0.3 is 12.1 Å². The van der Waals surface area contributed by atoms with Gasteiger partial charge in [-0.2, -0.15) is 0 Å². The Hall–Kier alpha value is -2.24. The molecule has 6 heteroatoms.